The van der Waals surface area contributed by atoms with E-state index in [0.29, 0.717) is 29.9 Å². The highest BCUT2D eigenvalue weighted by atomic mass is 32.2. The molecule has 0 aromatic rings. The Kier molecular flexibility index (Phi) is 10.3. The van der Waals surface area contributed by atoms with Gasteiger partial charge < -0.3 is 18.9 Å². The lowest BCUT2D eigenvalue weighted by molar-refractivity contribution is -0.143. The van der Waals surface area contributed by atoms with Crippen LogP contribution in [0.2, 0.25) is 0 Å². The normalized spacial score (nSPS) is 16.2. The number of hydrogen-bond acceptors (Lipinski definition) is 7. The maximum atomic E-state index is 12.0. The molecule has 1 rings (SSSR count). The van der Waals surface area contributed by atoms with Crippen LogP contribution in [0.4, 0.5) is 0 Å². The molecule has 0 spiro atoms. The molecule has 2 unspecified atom stereocenters. The quantitative estimate of drug-likeness (QED) is 0.400. The number of thioether (sulfide) groups is 1. The van der Waals surface area contributed by atoms with E-state index in [2.05, 4.69) is 6.58 Å². The summed E-state index contributed by atoms with van der Waals surface area (Å²) in [5.41, 5.74) is 0.971. The van der Waals surface area contributed by atoms with Gasteiger partial charge in [0.1, 0.15) is 6.61 Å². The Hall–Kier alpha value is -1.57. The van der Waals surface area contributed by atoms with Crippen LogP contribution in [0.25, 0.3) is 0 Å². The number of carbonyl (C=O) groups excluding carboxylic acids is 2. The first-order valence-corrected chi connectivity index (χ1v) is 9.47. The van der Waals surface area contributed by atoms with Gasteiger partial charge >= 0.3 is 11.9 Å². The van der Waals surface area contributed by atoms with Crippen molar-refractivity contribution in [1.82, 2.24) is 0 Å². The third kappa shape index (κ3) is 7.76. The smallest absolute Gasteiger partial charge is 0.334 e. The first kappa shape index (κ1) is 22.5. The van der Waals surface area contributed by atoms with E-state index in [1.54, 1.807) is 7.11 Å². The fourth-order valence-electron chi connectivity index (χ4n) is 2.04. The summed E-state index contributed by atoms with van der Waals surface area (Å²) in [7, 11) is 2.98. The van der Waals surface area contributed by atoms with Crippen LogP contribution in [-0.2, 0) is 28.5 Å². The lowest BCUT2D eigenvalue weighted by Gasteiger charge is -2.17. The van der Waals surface area contributed by atoms with Crippen LogP contribution in [0.5, 0.6) is 0 Å². The van der Waals surface area contributed by atoms with Gasteiger partial charge in [-0.3, -0.25) is 0 Å². The number of hydrogen-bond donors (Lipinski definition) is 0. The molecule has 0 bridgehead atoms. The Morgan fingerprint density at radius 3 is 2.62 bits per heavy atom. The SMILES string of the molecule is C=C(CSC1=C(C(=O)OC)CCC=C1)C(=O)OCC(C)OCC(C)OC. The van der Waals surface area contributed by atoms with Crippen molar-refractivity contribution in [3.63, 3.8) is 0 Å². The van der Waals surface area contributed by atoms with Gasteiger partial charge in [0.2, 0.25) is 0 Å². The maximum Gasteiger partial charge on any atom is 0.334 e. The number of allylic oxidation sites excluding steroid dienone is 2. The van der Waals surface area contributed by atoms with Crippen molar-refractivity contribution >= 4 is 23.7 Å². The van der Waals surface area contributed by atoms with Crippen LogP contribution >= 0.6 is 11.8 Å². The molecule has 0 heterocycles. The average Bonchev–Trinajstić information content (AvgIpc) is 2.67. The van der Waals surface area contributed by atoms with Crippen molar-refractivity contribution in [2.24, 2.45) is 0 Å². The van der Waals surface area contributed by atoms with E-state index in [1.807, 2.05) is 26.0 Å². The standard InChI is InChI=1S/C19H28O6S/c1-13(18(20)25-11-15(3)24-10-14(2)22-4)12-26-17-9-7-6-8-16(17)19(21)23-5/h7,9,14-15H,1,6,8,10-12H2,2-5H3. The molecule has 1 aliphatic rings. The maximum absolute atomic E-state index is 12.0. The second-order valence-electron chi connectivity index (χ2n) is 5.96. The monoisotopic (exact) mass is 384 g/mol. The van der Waals surface area contributed by atoms with Gasteiger partial charge in [0, 0.05) is 23.3 Å². The summed E-state index contributed by atoms with van der Waals surface area (Å²) in [4.78, 5) is 24.7. The lowest BCUT2D eigenvalue weighted by atomic mass is 10.1. The second-order valence-corrected chi connectivity index (χ2v) is 6.97. The van der Waals surface area contributed by atoms with Gasteiger partial charge in [-0.1, -0.05) is 18.7 Å². The molecule has 0 N–H and O–H groups in total. The Balaban J connectivity index is 2.42. The minimum Gasteiger partial charge on any atom is -0.466 e. The van der Waals surface area contributed by atoms with Gasteiger partial charge in [0.05, 0.1) is 31.5 Å². The van der Waals surface area contributed by atoms with Crippen molar-refractivity contribution in [3.8, 4) is 0 Å². The Morgan fingerprint density at radius 1 is 1.23 bits per heavy atom. The highest BCUT2D eigenvalue weighted by Crippen LogP contribution is 2.30. The molecule has 1 aliphatic carbocycles. The third-order valence-corrected chi connectivity index (χ3v) is 4.90. The van der Waals surface area contributed by atoms with Crippen LogP contribution in [0.15, 0.2) is 34.8 Å². The summed E-state index contributed by atoms with van der Waals surface area (Å²) in [5.74, 6) is -0.455. The number of esters is 2. The molecule has 0 saturated heterocycles. The molecule has 0 aliphatic heterocycles. The highest BCUT2D eigenvalue weighted by molar-refractivity contribution is 8.03. The highest BCUT2D eigenvalue weighted by Gasteiger charge is 2.19. The van der Waals surface area contributed by atoms with E-state index in [1.165, 1.54) is 18.9 Å². The Bertz CT molecular complexity index is 566. The zero-order valence-electron chi connectivity index (χ0n) is 15.9. The summed E-state index contributed by atoms with van der Waals surface area (Å²) < 4.78 is 20.7. The Morgan fingerprint density at radius 2 is 1.96 bits per heavy atom. The molecule has 146 valence electrons. The summed E-state index contributed by atoms with van der Waals surface area (Å²) in [5, 5.41) is 0. The molecule has 0 aromatic carbocycles. The summed E-state index contributed by atoms with van der Waals surface area (Å²) in [6, 6.07) is 0. The molecule has 6 nitrogen and oxygen atoms in total. The average molecular weight is 384 g/mol. The first-order chi connectivity index (χ1) is 12.4. The minimum atomic E-state index is -0.465. The lowest BCUT2D eigenvalue weighted by Crippen LogP contribution is -2.24. The van der Waals surface area contributed by atoms with Crippen LogP contribution in [0.3, 0.4) is 0 Å². The van der Waals surface area contributed by atoms with E-state index in [9.17, 15) is 9.59 Å². The van der Waals surface area contributed by atoms with Crippen molar-refractivity contribution < 1.29 is 28.5 Å². The van der Waals surface area contributed by atoms with Crippen LogP contribution in [-0.4, -0.2) is 57.3 Å². The van der Waals surface area contributed by atoms with Crippen molar-refractivity contribution in [3.05, 3.63) is 34.8 Å². The second kappa shape index (κ2) is 11.9. The van der Waals surface area contributed by atoms with Gasteiger partial charge in [-0.2, -0.15) is 0 Å². The van der Waals surface area contributed by atoms with E-state index in [4.69, 9.17) is 18.9 Å². The van der Waals surface area contributed by atoms with Gasteiger partial charge in [-0.25, -0.2) is 9.59 Å². The molecule has 0 aromatic heterocycles. The molecule has 2 atom stereocenters. The summed E-state index contributed by atoms with van der Waals surface area (Å²) in [6.07, 6.45) is 5.07. The van der Waals surface area contributed by atoms with Crippen molar-refractivity contribution in [2.75, 3.05) is 33.2 Å². The van der Waals surface area contributed by atoms with Crippen molar-refractivity contribution in [1.29, 1.82) is 0 Å². The van der Waals surface area contributed by atoms with E-state index in [0.717, 1.165) is 11.3 Å². The van der Waals surface area contributed by atoms with E-state index in [-0.39, 0.29) is 24.8 Å². The molecular formula is C19H28O6S. The number of carbonyl (C=O) groups is 2. The molecule has 0 saturated carbocycles. The van der Waals surface area contributed by atoms with E-state index >= 15 is 0 Å². The zero-order valence-corrected chi connectivity index (χ0v) is 16.7. The number of rotatable bonds is 11. The number of ether oxygens (including phenoxy) is 4. The molecular weight excluding hydrogens is 356 g/mol. The topological polar surface area (TPSA) is 71.1 Å². The zero-order chi connectivity index (χ0) is 19.5. The molecule has 0 radical (unpaired) electrons. The van der Waals surface area contributed by atoms with Crippen LogP contribution < -0.4 is 0 Å². The van der Waals surface area contributed by atoms with Crippen molar-refractivity contribution in [2.45, 2.75) is 38.9 Å². The molecule has 0 amide bonds. The molecule has 7 heteroatoms. The molecule has 0 fully saturated rings. The van der Waals surface area contributed by atoms with Gasteiger partial charge in [0.15, 0.2) is 0 Å². The minimum absolute atomic E-state index is 0.0136. The first-order valence-electron chi connectivity index (χ1n) is 8.49. The Labute approximate surface area is 159 Å². The van der Waals surface area contributed by atoms with Gasteiger partial charge in [0.25, 0.3) is 0 Å². The summed E-state index contributed by atoms with van der Waals surface area (Å²) in [6.45, 7) is 8.08. The van der Waals surface area contributed by atoms with Crippen LogP contribution in [0.1, 0.15) is 26.7 Å². The fraction of sp³-hybridized carbons (Fsp3) is 0.579. The number of methoxy groups -OCH3 is 2. The summed E-state index contributed by atoms with van der Waals surface area (Å²) >= 11 is 1.38. The predicted molar refractivity (Wildman–Crippen MR) is 102 cm³/mol. The third-order valence-electron chi connectivity index (χ3n) is 3.72. The molecule has 26 heavy (non-hydrogen) atoms. The van der Waals surface area contributed by atoms with Crippen LogP contribution in [0, 0.1) is 0 Å². The largest absolute Gasteiger partial charge is 0.466 e. The van der Waals surface area contributed by atoms with Gasteiger partial charge in [-0.05, 0) is 26.7 Å². The fourth-order valence-corrected chi connectivity index (χ4v) is 3.04. The van der Waals surface area contributed by atoms with E-state index < -0.39 is 5.97 Å². The van der Waals surface area contributed by atoms with Gasteiger partial charge in [-0.15, -0.1) is 11.8 Å². The predicted octanol–water partition coefficient (Wildman–Crippen LogP) is 3.04.